The average molecular weight is 385 g/mol. The van der Waals surface area contributed by atoms with Gasteiger partial charge in [-0.3, -0.25) is 0 Å². The van der Waals surface area contributed by atoms with E-state index in [0.29, 0.717) is 56.9 Å². The van der Waals surface area contributed by atoms with E-state index in [-0.39, 0.29) is 6.01 Å². The molecule has 3 rings (SSSR count). The third-order valence-electron chi connectivity index (χ3n) is 4.60. The summed E-state index contributed by atoms with van der Waals surface area (Å²) in [5.41, 5.74) is 3.69. The Kier molecular flexibility index (Phi) is 6.72. The molecule has 0 bridgehead atoms. The summed E-state index contributed by atoms with van der Waals surface area (Å²) in [7, 11) is 1.86. The van der Waals surface area contributed by atoms with Crippen molar-refractivity contribution >= 4 is 11.7 Å². The molecule has 0 radical (unpaired) electrons. The Hall–Kier alpha value is -2.78. The van der Waals surface area contributed by atoms with Crippen LogP contribution < -0.4 is 20.8 Å². The Bertz CT molecular complexity index is 835. The smallest absolute Gasteiger partial charge is 0.321 e. The van der Waals surface area contributed by atoms with E-state index in [2.05, 4.69) is 32.3 Å². The van der Waals surface area contributed by atoms with Crippen LogP contribution in [-0.2, 0) is 4.74 Å². The number of nitrogens with one attached hydrogen (secondary N) is 1. The van der Waals surface area contributed by atoms with Gasteiger partial charge >= 0.3 is 6.01 Å². The van der Waals surface area contributed by atoms with Crippen LogP contribution in [0.25, 0.3) is 0 Å². The van der Waals surface area contributed by atoms with Crippen LogP contribution in [0.15, 0.2) is 23.3 Å². The van der Waals surface area contributed by atoms with Crippen LogP contribution >= 0.6 is 0 Å². The summed E-state index contributed by atoms with van der Waals surface area (Å²) in [5, 5.41) is 7.01. The maximum absolute atomic E-state index is 5.73. The maximum atomic E-state index is 5.73. The van der Waals surface area contributed by atoms with Gasteiger partial charge in [0.05, 0.1) is 13.2 Å². The van der Waals surface area contributed by atoms with Crippen LogP contribution in [0.3, 0.4) is 0 Å². The highest BCUT2D eigenvalue weighted by molar-refractivity contribution is 6.10. The summed E-state index contributed by atoms with van der Waals surface area (Å²) in [6.07, 6.45) is 0. The molecule has 0 spiro atoms. The van der Waals surface area contributed by atoms with E-state index >= 15 is 0 Å². The van der Waals surface area contributed by atoms with Crippen molar-refractivity contribution in [2.24, 2.45) is 10.9 Å². The molecular formula is C19H27N7O2. The molecule has 0 atom stereocenters. The standard InChI is InChI=1S/C19H27N7O2/c1-13-4-5-15(12-14(13)2)16(25-20)17-22-18(26-7-10-27-11-8-26)24-19(23-17)28-9-6-21-3/h4-5,12,21H,6-11,20H2,1-3H3. The SMILES string of the molecule is CNCCOc1nc(C(=NN)c2ccc(C)c(C)c2)nc(N2CCOCC2)n1. The van der Waals surface area contributed by atoms with Gasteiger partial charge in [0.1, 0.15) is 12.3 Å². The van der Waals surface area contributed by atoms with Crippen molar-refractivity contribution in [3.63, 3.8) is 0 Å². The zero-order chi connectivity index (χ0) is 19.9. The van der Waals surface area contributed by atoms with Gasteiger partial charge in [0.15, 0.2) is 5.82 Å². The molecule has 1 aliphatic heterocycles. The molecule has 1 aromatic heterocycles. The minimum absolute atomic E-state index is 0.256. The first-order valence-corrected chi connectivity index (χ1v) is 9.34. The first kappa shape index (κ1) is 20.0. The van der Waals surface area contributed by atoms with Gasteiger partial charge < -0.3 is 25.5 Å². The van der Waals surface area contributed by atoms with E-state index < -0.39 is 0 Å². The Morgan fingerprint density at radius 3 is 2.68 bits per heavy atom. The average Bonchev–Trinajstić information content (AvgIpc) is 2.72. The lowest BCUT2D eigenvalue weighted by atomic mass is 10.0. The normalized spacial score (nSPS) is 15.0. The van der Waals surface area contributed by atoms with Crippen molar-refractivity contribution < 1.29 is 9.47 Å². The molecule has 1 aliphatic rings. The molecule has 2 aromatic rings. The van der Waals surface area contributed by atoms with Gasteiger partial charge in [-0.15, -0.1) is 0 Å². The Balaban J connectivity index is 1.98. The number of hydrazone groups is 1. The van der Waals surface area contributed by atoms with Gasteiger partial charge in [-0.25, -0.2) is 0 Å². The van der Waals surface area contributed by atoms with Crippen molar-refractivity contribution in [3.8, 4) is 6.01 Å². The molecule has 3 N–H and O–H groups in total. The summed E-state index contributed by atoms with van der Waals surface area (Å²) < 4.78 is 11.1. The summed E-state index contributed by atoms with van der Waals surface area (Å²) in [6, 6.07) is 6.28. The van der Waals surface area contributed by atoms with E-state index in [1.807, 2.05) is 37.1 Å². The highest BCUT2D eigenvalue weighted by Crippen LogP contribution is 2.18. The molecule has 2 heterocycles. The first-order chi connectivity index (χ1) is 13.6. The van der Waals surface area contributed by atoms with Gasteiger partial charge in [-0.1, -0.05) is 12.1 Å². The van der Waals surface area contributed by atoms with Gasteiger partial charge in [0.2, 0.25) is 5.95 Å². The molecule has 9 heteroatoms. The van der Waals surface area contributed by atoms with Crippen LogP contribution in [0, 0.1) is 13.8 Å². The number of nitrogens with zero attached hydrogens (tertiary/aromatic N) is 5. The number of anilines is 1. The zero-order valence-electron chi connectivity index (χ0n) is 16.6. The number of likely N-dealkylation sites (N-methyl/N-ethyl adjacent to an activating group) is 1. The van der Waals surface area contributed by atoms with Crippen LogP contribution in [0.4, 0.5) is 5.95 Å². The second-order valence-electron chi connectivity index (χ2n) is 6.57. The third-order valence-corrected chi connectivity index (χ3v) is 4.60. The van der Waals surface area contributed by atoms with E-state index in [1.165, 1.54) is 5.56 Å². The molecule has 9 nitrogen and oxygen atoms in total. The number of benzene rings is 1. The van der Waals surface area contributed by atoms with Crippen LogP contribution in [0.1, 0.15) is 22.5 Å². The van der Waals surface area contributed by atoms with Gasteiger partial charge in [0, 0.05) is 25.2 Å². The molecule has 0 saturated carbocycles. The number of aromatic nitrogens is 3. The highest BCUT2D eigenvalue weighted by Gasteiger charge is 2.20. The van der Waals surface area contributed by atoms with Crippen molar-refractivity contribution in [2.75, 3.05) is 51.4 Å². The maximum Gasteiger partial charge on any atom is 0.321 e. The lowest BCUT2D eigenvalue weighted by molar-refractivity contribution is 0.122. The van der Waals surface area contributed by atoms with Gasteiger partial charge in [-0.2, -0.15) is 20.1 Å². The summed E-state index contributed by atoms with van der Waals surface area (Å²) in [4.78, 5) is 15.6. The van der Waals surface area contributed by atoms with Crippen molar-refractivity contribution in [2.45, 2.75) is 13.8 Å². The number of morpholine rings is 1. The Morgan fingerprint density at radius 1 is 1.21 bits per heavy atom. The fourth-order valence-electron chi connectivity index (χ4n) is 2.82. The molecule has 0 unspecified atom stereocenters. The van der Waals surface area contributed by atoms with Gasteiger partial charge in [-0.05, 0) is 38.1 Å². The number of hydrogen-bond donors (Lipinski definition) is 2. The lowest BCUT2D eigenvalue weighted by Crippen LogP contribution is -2.38. The van der Waals surface area contributed by atoms with Crippen molar-refractivity contribution in [1.29, 1.82) is 0 Å². The van der Waals surface area contributed by atoms with Crippen molar-refractivity contribution in [3.05, 3.63) is 40.7 Å². The van der Waals surface area contributed by atoms with Crippen LogP contribution in [-0.4, -0.2) is 67.2 Å². The minimum atomic E-state index is 0.256. The Morgan fingerprint density at radius 2 is 2.00 bits per heavy atom. The first-order valence-electron chi connectivity index (χ1n) is 9.34. The quantitative estimate of drug-likeness (QED) is 0.309. The minimum Gasteiger partial charge on any atom is -0.462 e. The number of ether oxygens (including phenoxy) is 2. The van der Waals surface area contributed by atoms with E-state index in [0.717, 1.165) is 11.1 Å². The van der Waals surface area contributed by atoms with Crippen LogP contribution in [0.5, 0.6) is 6.01 Å². The molecule has 0 amide bonds. The van der Waals surface area contributed by atoms with E-state index in [9.17, 15) is 0 Å². The molecule has 28 heavy (non-hydrogen) atoms. The molecular weight excluding hydrogens is 358 g/mol. The predicted octanol–water partition coefficient (Wildman–Crippen LogP) is 0.634. The fourth-order valence-corrected chi connectivity index (χ4v) is 2.82. The Labute approximate surface area is 165 Å². The molecule has 150 valence electrons. The predicted molar refractivity (Wildman–Crippen MR) is 108 cm³/mol. The summed E-state index contributed by atoms with van der Waals surface area (Å²) in [5.74, 6) is 6.66. The fraction of sp³-hybridized carbons (Fsp3) is 0.474. The van der Waals surface area contributed by atoms with Gasteiger partial charge in [0.25, 0.3) is 0 Å². The summed E-state index contributed by atoms with van der Waals surface area (Å²) in [6.45, 7) is 7.91. The van der Waals surface area contributed by atoms with Crippen LogP contribution in [0.2, 0.25) is 0 Å². The number of aryl methyl sites for hydroxylation is 2. The van der Waals surface area contributed by atoms with E-state index in [4.69, 9.17) is 15.3 Å². The number of hydrogen-bond acceptors (Lipinski definition) is 9. The third kappa shape index (κ3) is 4.73. The zero-order valence-corrected chi connectivity index (χ0v) is 16.6. The number of rotatable bonds is 7. The van der Waals surface area contributed by atoms with E-state index in [1.54, 1.807) is 0 Å². The second kappa shape index (κ2) is 9.43. The molecule has 1 fully saturated rings. The summed E-state index contributed by atoms with van der Waals surface area (Å²) >= 11 is 0. The van der Waals surface area contributed by atoms with Crippen molar-refractivity contribution in [1.82, 2.24) is 20.3 Å². The highest BCUT2D eigenvalue weighted by atomic mass is 16.5. The second-order valence-corrected chi connectivity index (χ2v) is 6.57. The molecule has 1 aromatic carbocycles. The topological polar surface area (TPSA) is 111 Å². The monoisotopic (exact) mass is 385 g/mol. The molecule has 0 aliphatic carbocycles. The number of nitrogens with two attached hydrogens (primary N) is 1. The molecule has 1 saturated heterocycles. The lowest BCUT2D eigenvalue weighted by Gasteiger charge is -2.27. The largest absolute Gasteiger partial charge is 0.462 e.